The maximum atomic E-state index is 9.22. The first-order valence-electron chi connectivity index (χ1n) is 4.29. The van der Waals surface area contributed by atoms with Crippen LogP contribution in [-0.4, -0.2) is 11.7 Å². The number of benzene rings is 1. The second-order valence-corrected chi connectivity index (χ2v) is 3.43. The van der Waals surface area contributed by atoms with E-state index >= 15 is 0 Å². The first kappa shape index (κ1) is 8.17. The molecule has 1 unspecified atom stereocenters. The summed E-state index contributed by atoms with van der Waals surface area (Å²) < 4.78 is 5.43. The van der Waals surface area contributed by atoms with Gasteiger partial charge in [-0.05, 0) is 13.0 Å². The van der Waals surface area contributed by atoms with Gasteiger partial charge in [0, 0.05) is 17.5 Å². The van der Waals surface area contributed by atoms with Crippen molar-refractivity contribution in [2.75, 3.05) is 6.61 Å². The minimum absolute atomic E-state index is 0.251. The van der Waals surface area contributed by atoms with Crippen LogP contribution in [0.15, 0.2) is 30.4 Å². The van der Waals surface area contributed by atoms with Crippen molar-refractivity contribution in [2.24, 2.45) is 0 Å². The highest BCUT2D eigenvalue weighted by molar-refractivity contribution is 5.47. The van der Waals surface area contributed by atoms with Crippen molar-refractivity contribution in [3.05, 3.63) is 35.9 Å². The van der Waals surface area contributed by atoms with Crippen LogP contribution in [0, 0.1) is 0 Å². The first-order chi connectivity index (χ1) is 6.18. The minimum atomic E-state index is 0.251. The van der Waals surface area contributed by atoms with Gasteiger partial charge in [-0.15, -0.1) is 0 Å². The third-order valence-corrected chi connectivity index (χ3v) is 2.37. The molecule has 1 aromatic rings. The van der Waals surface area contributed by atoms with E-state index in [0.717, 1.165) is 16.9 Å². The number of rotatable bonds is 1. The Hall–Kier alpha value is -1.44. The predicted octanol–water partition coefficient (Wildman–Crippen LogP) is 2.44. The van der Waals surface area contributed by atoms with Crippen LogP contribution in [-0.2, 0) is 0 Å². The van der Waals surface area contributed by atoms with Gasteiger partial charge in [-0.1, -0.05) is 18.2 Å². The van der Waals surface area contributed by atoms with E-state index in [1.807, 2.05) is 13.0 Å². The molecule has 0 amide bonds. The van der Waals surface area contributed by atoms with E-state index in [1.165, 1.54) is 0 Å². The Kier molecular flexibility index (Phi) is 1.76. The zero-order chi connectivity index (χ0) is 9.42. The second-order valence-electron chi connectivity index (χ2n) is 3.43. The van der Waals surface area contributed by atoms with Crippen molar-refractivity contribution in [3.8, 4) is 11.5 Å². The second kappa shape index (κ2) is 2.80. The van der Waals surface area contributed by atoms with Crippen LogP contribution < -0.4 is 4.74 Å². The third-order valence-electron chi connectivity index (χ3n) is 2.37. The molecule has 2 nitrogen and oxygen atoms in total. The quantitative estimate of drug-likeness (QED) is 0.666. The summed E-state index contributed by atoms with van der Waals surface area (Å²) in [5, 5.41) is 9.22. The summed E-state index contributed by atoms with van der Waals surface area (Å²) in [6.45, 7) is 6.56. The molecule has 0 saturated carbocycles. The molecule has 0 radical (unpaired) electrons. The van der Waals surface area contributed by atoms with Gasteiger partial charge in [-0.25, -0.2) is 0 Å². The molecule has 1 atom stereocenters. The lowest BCUT2D eigenvalue weighted by Gasteiger charge is -2.06. The monoisotopic (exact) mass is 176 g/mol. The molecule has 13 heavy (non-hydrogen) atoms. The number of hydrogen-bond donors (Lipinski definition) is 1. The highest BCUT2D eigenvalue weighted by atomic mass is 16.5. The van der Waals surface area contributed by atoms with Crippen molar-refractivity contribution in [1.82, 2.24) is 0 Å². The number of phenols is 1. The Bertz CT molecular complexity index is 355. The van der Waals surface area contributed by atoms with Crippen LogP contribution >= 0.6 is 0 Å². The Morgan fingerprint density at radius 2 is 2.38 bits per heavy atom. The number of ether oxygens (including phenoxy) is 1. The molecule has 0 bridgehead atoms. The van der Waals surface area contributed by atoms with Gasteiger partial charge in [0.05, 0.1) is 6.61 Å². The van der Waals surface area contributed by atoms with Crippen LogP contribution in [0.5, 0.6) is 11.5 Å². The van der Waals surface area contributed by atoms with E-state index in [1.54, 1.807) is 12.1 Å². The van der Waals surface area contributed by atoms with Crippen molar-refractivity contribution in [3.63, 3.8) is 0 Å². The largest absolute Gasteiger partial charge is 0.508 e. The third kappa shape index (κ3) is 1.28. The molecule has 0 fully saturated rings. The molecule has 1 heterocycles. The van der Waals surface area contributed by atoms with E-state index in [9.17, 15) is 5.11 Å². The fourth-order valence-corrected chi connectivity index (χ4v) is 1.61. The van der Waals surface area contributed by atoms with Crippen molar-refractivity contribution in [2.45, 2.75) is 12.8 Å². The fraction of sp³-hybridized carbons (Fsp3) is 0.273. The number of hydrogen-bond acceptors (Lipinski definition) is 2. The Balaban J connectivity index is 2.44. The molecule has 0 spiro atoms. The molecule has 1 N–H and O–H groups in total. The minimum Gasteiger partial charge on any atom is -0.508 e. The van der Waals surface area contributed by atoms with Gasteiger partial charge >= 0.3 is 0 Å². The van der Waals surface area contributed by atoms with Gasteiger partial charge in [-0.2, -0.15) is 0 Å². The summed E-state index contributed by atoms with van der Waals surface area (Å²) in [5.74, 6) is 1.32. The molecule has 1 aliphatic heterocycles. The maximum Gasteiger partial charge on any atom is 0.126 e. The highest BCUT2D eigenvalue weighted by Gasteiger charge is 2.24. The Morgan fingerprint density at radius 3 is 3.08 bits per heavy atom. The van der Waals surface area contributed by atoms with Gasteiger partial charge in [-0.3, -0.25) is 0 Å². The molecule has 0 saturated heterocycles. The molecule has 0 aliphatic carbocycles. The van der Waals surface area contributed by atoms with E-state index in [4.69, 9.17) is 4.74 Å². The lowest BCUT2D eigenvalue weighted by atomic mass is 9.95. The normalized spacial score (nSPS) is 19.3. The number of phenolic OH excluding ortho intramolecular Hbond substituents is 1. The summed E-state index contributed by atoms with van der Waals surface area (Å²) in [5.41, 5.74) is 2.23. The zero-order valence-corrected chi connectivity index (χ0v) is 7.58. The molecule has 1 aliphatic rings. The molecular formula is C11H12O2. The molecule has 2 heteroatoms. The van der Waals surface area contributed by atoms with Gasteiger partial charge in [0.1, 0.15) is 11.5 Å². The van der Waals surface area contributed by atoms with E-state index in [0.29, 0.717) is 6.61 Å². The standard InChI is InChI=1S/C11H12O2/c1-7(2)10-6-13-11-5-8(12)3-4-9(10)11/h3-5,10,12H,1,6H2,2H3. The van der Waals surface area contributed by atoms with Crippen LogP contribution in [0.4, 0.5) is 0 Å². The number of aromatic hydroxyl groups is 1. The van der Waals surface area contributed by atoms with Crippen molar-refractivity contribution >= 4 is 0 Å². The lowest BCUT2D eigenvalue weighted by Crippen LogP contribution is -2.00. The predicted molar refractivity (Wildman–Crippen MR) is 51.2 cm³/mol. The Morgan fingerprint density at radius 1 is 1.62 bits per heavy atom. The van der Waals surface area contributed by atoms with Gasteiger partial charge in [0.15, 0.2) is 0 Å². The van der Waals surface area contributed by atoms with Gasteiger partial charge < -0.3 is 9.84 Å². The smallest absolute Gasteiger partial charge is 0.126 e. The van der Waals surface area contributed by atoms with Crippen LogP contribution in [0.25, 0.3) is 0 Å². The van der Waals surface area contributed by atoms with Crippen LogP contribution in [0.2, 0.25) is 0 Å². The molecular weight excluding hydrogens is 164 g/mol. The zero-order valence-electron chi connectivity index (χ0n) is 7.58. The molecule has 0 aromatic heterocycles. The summed E-state index contributed by atoms with van der Waals surface area (Å²) in [7, 11) is 0. The van der Waals surface area contributed by atoms with Gasteiger partial charge in [0.2, 0.25) is 0 Å². The fourth-order valence-electron chi connectivity index (χ4n) is 1.61. The summed E-state index contributed by atoms with van der Waals surface area (Å²) in [6, 6.07) is 5.23. The lowest BCUT2D eigenvalue weighted by molar-refractivity contribution is 0.340. The summed E-state index contributed by atoms with van der Waals surface area (Å²) in [6.07, 6.45) is 0. The average molecular weight is 176 g/mol. The first-order valence-corrected chi connectivity index (χ1v) is 4.29. The van der Waals surface area contributed by atoms with E-state index < -0.39 is 0 Å². The van der Waals surface area contributed by atoms with E-state index in [-0.39, 0.29) is 11.7 Å². The topological polar surface area (TPSA) is 29.5 Å². The SMILES string of the molecule is C=C(C)C1COc2cc(O)ccc21. The highest BCUT2D eigenvalue weighted by Crippen LogP contribution is 2.39. The number of fused-ring (bicyclic) bond motifs is 1. The van der Waals surface area contributed by atoms with Crippen LogP contribution in [0.1, 0.15) is 18.4 Å². The maximum absolute atomic E-state index is 9.22. The van der Waals surface area contributed by atoms with Crippen molar-refractivity contribution in [1.29, 1.82) is 0 Å². The van der Waals surface area contributed by atoms with Gasteiger partial charge in [0.25, 0.3) is 0 Å². The van der Waals surface area contributed by atoms with Crippen LogP contribution in [0.3, 0.4) is 0 Å². The molecule has 2 rings (SSSR count). The van der Waals surface area contributed by atoms with Crippen molar-refractivity contribution < 1.29 is 9.84 Å². The summed E-state index contributed by atoms with van der Waals surface area (Å²) >= 11 is 0. The summed E-state index contributed by atoms with van der Waals surface area (Å²) in [4.78, 5) is 0. The van der Waals surface area contributed by atoms with E-state index in [2.05, 4.69) is 6.58 Å². The molecule has 1 aromatic carbocycles. The Labute approximate surface area is 77.5 Å². The average Bonchev–Trinajstić information content (AvgIpc) is 2.46. The molecule has 68 valence electrons.